The molecule has 3 unspecified atom stereocenters. The fourth-order valence-corrected chi connectivity index (χ4v) is 5.24. The van der Waals surface area contributed by atoms with Crippen LogP contribution in [0.2, 0.25) is 0 Å². The van der Waals surface area contributed by atoms with Crippen LogP contribution in [0.1, 0.15) is 76.8 Å². The Kier molecular flexibility index (Phi) is 3.53. The van der Waals surface area contributed by atoms with E-state index < -0.39 is 0 Å². The molecule has 1 aromatic rings. The molecular formula is C22H30O2. The molecule has 0 saturated heterocycles. The Morgan fingerprint density at radius 2 is 1.92 bits per heavy atom. The molecule has 130 valence electrons. The summed E-state index contributed by atoms with van der Waals surface area (Å²) in [6, 6.07) is 4.43. The van der Waals surface area contributed by atoms with Gasteiger partial charge in [0.1, 0.15) is 22.7 Å². The van der Waals surface area contributed by atoms with Gasteiger partial charge in [-0.25, -0.2) is 0 Å². The monoisotopic (exact) mass is 326 g/mol. The molecule has 24 heavy (non-hydrogen) atoms. The van der Waals surface area contributed by atoms with E-state index in [0.29, 0.717) is 11.8 Å². The molecule has 0 N–H and O–H groups in total. The van der Waals surface area contributed by atoms with Crippen molar-refractivity contribution in [2.75, 3.05) is 0 Å². The van der Waals surface area contributed by atoms with Gasteiger partial charge < -0.3 is 9.47 Å². The van der Waals surface area contributed by atoms with Crippen LogP contribution in [0.5, 0.6) is 11.5 Å². The second-order valence-electron chi connectivity index (χ2n) is 8.92. The molecule has 1 aliphatic carbocycles. The van der Waals surface area contributed by atoms with E-state index >= 15 is 0 Å². The lowest BCUT2D eigenvalue weighted by Gasteiger charge is -2.56. The summed E-state index contributed by atoms with van der Waals surface area (Å²) in [5.74, 6) is 3.36. The summed E-state index contributed by atoms with van der Waals surface area (Å²) in [4.78, 5) is 0. The minimum Gasteiger partial charge on any atom is -0.487 e. The smallest absolute Gasteiger partial charge is 0.127 e. The maximum Gasteiger partial charge on any atom is 0.127 e. The van der Waals surface area contributed by atoms with Crippen molar-refractivity contribution in [1.29, 1.82) is 0 Å². The van der Waals surface area contributed by atoms with Crippen molar-refractivity contribution in [3.63, 3.8) is 0 Å². The van der Waals surface area contributed by atoms with E-state index in [1.807, 2.05) is 0 Å². The normalized spacial score (nSPS) is 35.7. The molecule has 2 bridgehead atoms. The van der Waals surface area contributed by atoms with Gasteiger partial charge >= 0.3 is 0 Å². The molecule has 0 spiro atoms. The maximum absolute atomic E-state index is 6.68. The molecule has 2 nitrogen and oxygen atoms in total. The van der Waals surface area contributed by atoms with Crippen molar-refractivity contribution < 1.29 is 9.47 Å². The van der Waals surface area contributed by atoms with Crippen LogP contribution in [-0.4, -0.2) is 11.2 Å². The largest absolute Gasteiger partial charge is 0.487 e. The van der Waals surface area contributed by atoms with E-state index in [4.69, 9.17) is 9.47 Å². The molecule has 1 saturated carbocycles. The van der Waals surface area contributed by atoms with E-state index in [0.717, 1.165) is 37.2 Å². The lowest BCUT2D eigenvalue weighted by molar-refractivity contribution is -0.0836. The minimum absolute atomic E-state index is 0.0113. The SMILES string of the molecule is CC(C)=CCC[C@@]1(C)Oc2cc(C)cc3c2C2CC(C)(CCC21)O3. The van der Waals surface area contributed by atoms with Crippen molar-refractivity contribution >= 4 is 0 Å². The molecule has 2 aliphatic heterocycles. The van der Waals surface area contributed by atoms with Gasteiger partial charge in [-0.2, -0.15) is 0 Å². The third-order valence-electron chi connectivity index (χ3n) is 6.42. The second-order valence-corrected chi connectivity index (χ2v) is 8.92. The summed E-state index contributed by atoms with van der Waals surface area (Å²) in [6.45, 7) is 11.1. The van der Waals surface area contributed by atoms with Gasteiger partial charge in [0, 0.05) is 17.4 Å². The predicted octanol–water partition coefficient (Wildman–Crippen LogP) is 5.93. The Bertz CT molecular complexity index is 700. The number of fused-ring (bicyclic) bond motifs is 1. The standard InChI is InChI=1S/C22H30O2/c1-14(2)7-6-9-22(5)17-8-10-21(4)13-16(17)20-18(23-21)11-15(3)12-19(20)24-22/h7,11-12,16-17H,6,8-10,13H2,1-5H3/t16?,17?,21?,22-/m1/s1. The molecule has 1 aromatic carbocycles. The highest BCUT2D eigenvalue weighted by atomic mass is 16.5. The highest BCUT2D eigenvalue weighted by Crippen LogP contribution is 2.61. The first-order valence-corrected chi connectivity index (χ1v) is 9.46. The first-order chi connectivity index (χ1) is 11.3. The van der Waals surface area contributed by atoms with Gasteiger partial charge in [-0.05, 0) is 84.4 Å². The van der Waals surface area contributed by atoms with Gasteiger partial charge in [-0.3, -0.25) is 0 Å². The number of hydrogen-bond acceptors (Lipinski definition) is 2. The zero-order valence-electron chi connectivity index (χ0n) is 15.7. The zero-order chi connectivity index (χ0) is 17.1. The topological polar surface area (TPSA) is 18.5 Å². The Morgan fingerprint density at radius 3 is 2.62 bits per heavy atom. The zero-order valence-corrected chi connectivity index (χ0v) is 15.7. The highest BCUT2D eigenvalue weighted by molar-refractivity contribution is 5.54. The van der Waals surface area contributed by atoms with E-state index in [-0.39, 0.29) is 11.2 Å². The highest BCUT2D eigenvalue weighted by Gasteiger charge is 2.55. The number of hydrogen-bond donors (Lipinski definition) is 0. The van der Waals surface area contributed by atoms with Crippen LogP contribution < -0.4 is 9.47 Å². The van der Waals surface area contributed by atoms with Crippen LogP contribution in [-0.2, 0) is 0 Å². The number of rotatable bonds is 3. The van der Waals surface area contributed by atoms with Gasteiger partial charge in [0.25, 0.3) is 0 Å². The summed E-state index contributed by atoms with van der Waals surface area (Å²) in [6.07, 6.45) is 8.03. The molecule has 2 heterocycles. The summed E-state index contributed by atoms with van der Waals surface area (Å²) < 4.78 is 13.1. The van der Waals surface area contributed by atoms with Gasteiger partial charge in [0.2, 0.25) is 0 Å². The van der Waals surface area contributed by atoms with Crippen LogP contribution >= 0.6 is 0 Å². The number of allylic oxidation sites excluding steroid dienone is 2. The molecule has 0 radical (unpaired) electrons. The van der Waals surface area contributed by atoms with E-state index in [1.165, 1.54) is 23.1 Å². The maximum atomic E-state index is 6.68. The first-order valence-electron chi connectivity index (χ1n) is 9.46. The van der Waals surface area contributed by atoms with Crippen LogP contribution in [0.3, 0.4) is 0 Å². The Labute approximate surface area is 146 Å². The van der Waals surface area contributed by atoms with Crippen LogP contribution in [0.25, 0.3) is 0 Å². The molecule has 0 aromatic heterocycles. The quantitative estimate of drug-likeness (QED) is 0.641. The van der Waals surface area contributed by atoms with Crippen molar-refractivity contribution in [3.05, 3.63) is 34.9 Å². The summed E-state index contributed by atoms with van der Waals surface area (Å²) in [7, 11) is 0. The summed E-state index contributed by atoms with van der Waals surface area (Å²) in [5.41, 5.74) is 3.93. The third-order valence-corrected chi connectivity index (χ3v) is 6.42. The van der Waals surface area contributed by atoms with Crippen molar-refractivity contribution in [2.45, 2.75) is 83.8 Å². The fourth-order valence-electron chi connectivity index (χ4n) is 5.24. The lowest BCUT2D eigenvalue weighted by atomic mass is 9.60. The molecule has 3 aliphatic rings. The molecule has 4 atom stereocenters. The second kappa shape index (κ2) is 5.28. The summed E-state index contributed by atoms with van der Waals surface area (Å²) >= 11 is 0. The Hall–Kier alpha value is -1.44. The van der Waals surface area contributed by atoms with Crippen molar-refractivity contribution in [1.82, 2.24) is 0 Å². The summed E-state index contributed by atoms with van der Waals surface area (Å²) in [5, 5.41) is 0. The molecular weight excluding hydrogens is 296 g/mol. The molecule has 2 heteroatoms. The van der Waals surface area contributed by atoms with Crippen molar-refractivity contribution in [3.8, 4) is 11.5 Å². The van der Waals surface area contributed by atoms with Crippen molar-refractivity contribution in [2.24, 2.45) is 5.92 Å². The van der Waals surface area contributed by atoms with E-state index in [1.54, 1.807) is 0 Å². The molecule has 4 rings (SSSR count). The Morgan fingerprint density at radius 1 is 1.21 bits per heavy atom. The van der Waals surface area contributed by atoms with Gasteiger partial charge in [0.15, 0.2) is 0 Å². The van der Waals surface area contributed by atoms with Gasteiger partial charge in [0.05, 0.1) is 0 Å². The predicted molar refractivity (Wildman–Crippen MR) is 98.0 cm³/mol. The third kappa shape index (κ3) is 2.46. The van der Waals surface area contributed by atoms with Gasteiger partial charge in [-0.1, -0.05) is 11.6 Å². The molecule has 1 fully saturated rings. The number of benzene rings is 1. The number of aryl methyl sites for hydroxylation is 1. The first kappa shape index (κ1) is 16.1. The van der Waals surface area contributed by atoms with Crippen LogP contribution in [0.4, 0.5) is 0 Å². The fraction of sp³-hybridized carbons (Fsp3) is 0.636. The van der Waals surface area contributed by atoms with E-state index in [2.05, 4.69) is 52.8 Å². The van der Waals surface area contributed by atoms with Crippen LogP contribution in [0, 0.1) is 12.8 Å². The van der Waals surface area contributed by atoms with Crippen LogP contribution in [0.15, 0.2) is 23.8 Å². The average molecular weight is 326 g/mol. The minimum atomic E-state index is -0.0622. The average Bonchev–Trinajstić information content (AvgIpc) is 2.44. The number of ether oxygens (including phenoxy) is 2. The molecule has 0 amide bonds. The Balaban J connectivity index is 1.76. The van der Waals surface area contributed by atoms with E-state index in [9.17, 15) is 0 Å². The lowest BCUT2D eigenvalue weighted by Crippen LogP contribution is -2.55. The van der Waals surface area contributed by atoms with Gasteiger partial charge in [-0.15, -0.1) is 0 Å².